The Hall–Kier alpha value is -1.10. The molecule has 0 bridgehead atoms. The van der Waals surface area contributed by atoms with E-state index in [2.05, 4.69) is 5.32 Å². The Balaban J connectivity index is 0.00000220. The average Bonchev–Trinajstić information content (AvgIpc) is 2.48. The molecular formula is C16H25ClN2O2. The number of amides is 1. The maximum Gasteiger partial charge on any atom is 0.251 e. The van der Waals surface area contributed by atoms with Gasteiger partial charge in [-0.05, 0) is 43.0 Å². The first-order valence-electron chi connectivity index (χ1n) is 7.33. The van der Waals surface area contributed by atoms with Crippen molar-refractivity contribution in [2.45, 2.75) is 38.3 Å². The lowest BCUT2D eigenvalue weighted by Crippen LogP contribution is -2.44. The van der Waals surface area contributed by atoms with E-state index in [1.165, 1.54) is 12.8 Å². The molecule has 2 rings (SSSR count). The summed E-state index contributed by atoms with van der Waals surface area (Å²) in [7, 11) is 1.65. The van der Waals surface area contributed by atoms with Gasteiger partial charge in [0.2, 0.25) is 0 Å². The second-order valence-corrected chi connectivity index (χ2v) is 5.49. The molecule has 1 aromatic carbocycles. The van der Waals surface area contributed by atoms with E-state index >= 15 is 0 Å². The highest BCUT2D eigenvalue weighted by Gasteiger charge is 2.25. The quantitative estimate of drug-likeness (QED) is 0.878. The largest absolute Gasteiger partial charge is 0.380 e. The first-order chi connectivity index (χ1) is 9.74. The smallest absolute Gasteiger partial charge is 0.251 e. The third kappa shape index (κ3) is 4.99. The molecule has 0 spiro atoms. The van der Waals surface area contributed by atoms with Crippen LogP contribution in [0.2, 0.25) is 0 Å². The van der Waals surface area contributed by atoms with Crippen molar-refractivity contribution in [2.75, 3.05) is 13.7 Å². The molecule has 0 saturated heterocycles. The molecule has 1 aliphatic rings. The van der Waals surface area contributed by atoms with Crippen molar-refractivity contribution >= 4 is 18.3 Å². The van der Waals surface area contributed by atoms with Gasteiger partial charge in [-0.3, -0.25) is 4.79 Å². The average molecular weight is 313 g/mol. The van der Waals surface area contributed by atoms with Gasteiger partial charge in [0.05, 0.1) is 6.61 Å². The molecule has 2 unspecified atom stereocenters. The Morgan fingerprint density at radius 1 is 1.38 bits per heavy atom. The van der Waals surface area contributed by atoms with Crippen LogP contribution < -0.4 is 11.1 Å². The molecule has 5 heteroatoms. The van der Waals surface area contributed by atoms with E-state index in [-0.39, 0.29) is 24.4 Å². The molecule has 1 amide bonds. The summed E-state index contributed by atoms with van der Waals surface area (Å²) in [4.78, 5) is 12.3. The minimum atomic E-state index is -0.00620. The Morgan fingerprint density at radius 3 is 2.86 bits per heavy atom. The topological polar surface area (TPSA) is 64.3 Å². The maximum absolute atomic E-state index is 12.3. The van der Waals surface area contributed by atoms with E-state index in [0.717, 1.165) is 18.4 Å². The van der Waals surface area contributed by atoms with Gasteiger partial charge in [0, 0.05) is 18.7 Å². The lowest BCUT2D eigenvalue weighted by atomic mass is 9.84. The first-order valence-corrected chi connectivity index (χ1v) is 7.33. The molecular weight excluding hydrogens is 288 g/mol. The molecule has 0 aromatic heterocycles. The predicted molar refractivity (Wildman–Crippen MR) is 86.7 cm³/mol. The van der Waals surface area contributed by atoms with Crippen molar-refractivity contribution in [3.8, 4) is 0 Å². The number of methoxy groups -OCH3 is 1. The van der Waals surface area contributed by atoms with Gasteiger partial charge in [-0.1, -0.05) is 25.0 Å². The summed E-state index contributed by atoms with van der Waals surface area (Å²) < 4.78 is 5.10. The standard InChI is InChI=1S/C16H24N2O2.ClH/c1-20-11-12-5-4-7-13(9-12)16(19)18-15-8-3-2-6-14(15)10-17;/h4-5,7,9,14-15H,2-3,6,8,10-11,17H2,1H3,(H,18,19);1H. The first kappa shape index (κ1) is 18.0. The van der Waals surface area contributed by atoms with Crippen LogP contribution in [0.15, 0.2) is 24.3 Å². The van der Waals surface area contributed by atoms with E-state index in [0.29, 0.717) is 24.6 Å². The summed E-state index contributed by atoms with van der Waals surface area (Å²) in [5.74, 6) is 0.406. The number of hydrogen-bond donors (Lipinski definition) is 2. The zero-order valence-corrected chi connectivity index (χ0v) is 13.3. The monoisotopic (exact) mass is 312 g/mol. The minimum Gasteiger partial charge on any atom is -0.380 e. The van der Waals surface area contributed by atoms with Crippen LogP contribution in [0, 0.1) is 5.92 Å². The number of benzene rings is 1. The van der Waals surface area contributed by atoms with Crippen LogP contribution in [0.3, 0.4) is 0 Å². The van der Waals surface area contributed by atoms with E-state index < -0.39 is 0 Å². The van der Waals surface area contributed by atoms with E-state index in [1.54, 1.807) is 7.11 Å². The molecule has 1 fully saturated rings. The fraction of sp³-hybridized carbons (Fsp3) is 0.562. The van der Waals surface area contributed by atoms with Gasteiger partial charge in [0.1, 0.15) is 0 Å². The van der Waals surface area contributed by atoms with Crippen LogP contribution in [0.5, 0.6) is 0 Å². The van der Waals surface area contributed by atoms with Crippen molar-refractivity contribution in [1.29, 1.82) is 0 Å². The van der Waals surface area contributed by atoms with Crippen LogP contribution in [0.1, 0.15) is 41.6 Å². The van der Waals surface area contributed by atoms with Crippen LogP contribution in [0.25, 0.3) is 0 Å². The number of nitrogens with one attached hydrogen (secondary N) is 1. The van der Waals surface area contributed by atoms with Gasteiger partial charge in [-0.2, -0.15) is 0 Å². The molecule has 118 valence electrons. The predicted octanol–water partition coefficient (Wildman–Crippen LogP) is 2.50. The van der Waals surface area contributed by atoms with Gasteiger partial charge >= 0.3 is 0 Å². The number of nitrogens with two attached hydrogens (primary N) is 1. The third-order valence-electron chi connectivity index (χ3n) is 4.03. The normalized spacial score (nSPS) is 21.4. The van der Waals surface area contributed by atoms with Crippen molar-refractivity contribution in [2.24, 2.45) is 11.7 Å². The molecule has 4 nitrogen and oxygen atoms in total. The molecule has 21 heavy (non-hydrogen) atoms. The number of rotatable bonds is 5. The molecule has 0 heterocycles. The molecule has 3 N–H and O–H groups in total. The summed E-state index contributed by atoms with van der Waals surface area (Å²) in [6.07, 6.45) is 4.54. The molecule has 1 aliphatic carbocycles. The Labute approximate surface area is 132 Å². The van der Waals surface area contributed by atoms with Crippen molar-refractivity contribution in [3.05, 3.63) is 35.4 Å². The third-order valence-corrected chi connectivity index (χ3v) is 4.03. The summed E-state index contributed by atoms with van der Waals surface area (Å²) in [5.41, 5.74) is 7.51. The van der Waals surface area contributed by atoms with Gasteiger partial charge < -0.3 is 15.8 Å². The van der Waals surface area contributed by atoms with Gasteiger partial charge in [0.25, 0.3) is 5.91 Å². The second kappa shape index (κ2) is 9.03. The molecule has 1 aromatic rings. The lowest BCUT2D eigenvalue weighted by Gasteiger charge is -2.31. The Bertz CT molecular complexity index is 454. The second-order valence-electron chi connectivity index (χ2n) is 5.49. The fourth-order valence-electron chi connectivity index (χ4n) is 2.90. The van der Waals surface area contributed by atoms with Crippen molar-refractivity contribution in [1.82, 2.24) is 5.32 Å². The lowest BCUT2D eigenvalue weighted by molar-refractivity contribution is 0.0907. The SMILES string of the molecule is COCc1cccc(C(=O)NC2CCCCC2CN)c1.Cl. The zero-order chi connectivity index (χ0) is 14.4. The number of halogens is 1. The van der Waals surface area contributed by atoms with Crippen molar-refractivity contribution in [3.63, 3.8) is 0 Å². The molecule has 1 saturated carbocycles. The Kier molecular flexibility index (Phi) is 7.72. The number of ether oxygens (including phenoxy) is 1. The number of carbonyl (C=O) groups excluding carboxylic acids is 1. The van der Waals surface area contributed by atoms with E-state index in [4.69, 9.17) is 10.5 Å². The maximum atomic E-state index is 12.3. The van der Waals surface area contributed by atoms with Crippen LogP contribution >= 0.6 is 12.4 Å². The van der Waals surface area contributed by atoms with Crippen LogP contribution in [-0.4, -0.2) is 25.6 Å². The van der Waals surface area contributed by atoms with E-state index in [1.807, 2.05) is 24.3 Å². The van der Waals surface area contributed by atoms with Crippen molar-refractivity contribution < 1.29 is 9.53 Å². The van der Waals surface area contributed by atoms with Gasteiger partial charge in [-0.25, -0.2) is 0 Å². The fourth-order valence-corrected chi connectivity index (χ4v) is 2.90. The highest BCUT2D eigenvalue weighted by atomic mass is 35.5. The van der Waals surface area contributed by atoms with Gasteiger partial charge in [0.15, 0.2) is 0 Å². The molecule has 0 aliphatic heterocycles. The summed E-state index contributed by atoms with van der Waals surface area (Å²) in [5, 5.41) is 3.15. The number of hydrogen-bond acceptors (Lipinski definition) is 3. The summed E-state index contributed by atoms with van der Waals surface area (Å²) >= 11 is 0. The molecule has 0 radical (unpaired) electrons. The Morgan fingerprint density at radius 2 is 2.14 bits per heavy atom. The minimum absolute atomic E-state index is 0. The van der Waals surface area contributed by atoms with E-state index in [9.17, 15) is 4.79 Å². The molecule has 2 atom stereocenters. The highest BCUT2D eigenvalue weighted by molar-refractivity contribution is 5.94. The summed E-state index contributed by atoms with van der Waals surface area (Å²) in [6.45, 7) is 1.17. The van der Waals surface area contributed by atoms with Crippen LogP contribution in [-0.2, 0) is 11.3 Å². The van der Waals surface area contributed by atoms with Crippen LogP contribution in [0.4, 0.5) is 0 Å². The summed E-state index contributed by atoms with van der Waals surface area (Å²) in [6, 6.07) is 7.80. The van der Waals surface area contributed by atoms with Gasteiger partial charge in [-0.15, -0.1) is 12.4 Å². The zero-order valence-electron chi connectivity index (χ0n) is 12.5. The highest BCUT2D eigenvalue weighted by Crippen LogP contribution is 2.23. The number of carbonyl (C=O) groups is 1.